The predicted octanol–water partition coefficient (Wildman–Crippen LogP) is 4.93. The minimum atomic E-state index is -0.617. The minimum absolute atomic E-state index is 0.0180. The van der Waals surface area contributed by atoms with Gasteiger partial charge in [0.1, 0.15) is 6.54 Å². The second-order valence-corrected chi connectivity index (χ2v) is 9.02. The highest BCUT2D eigenvalue weighted by molar-refractivity contribution is 7.08. The van der Waals surface area contributed by atoms with E-state index in [-0.39, 0.29) is 12.5 Å². The fraction of sp³-hybridized carbons (Fsp3) is 0.308. The van der Waals surface area contributed by atoms with E-state index < -0.39 is 6.04 Å². The van der Waals surface area contributed by atoms with E-state index in [2.05, 4.69) is 47.8 Å². The van der Waals surface area contributed by atoms with Gasteiger partial charge in [-0.1, -0.05) is 68.4 Å². The monoisotopic (exact) mass is 446 g/mol. The lowest BCUT2D eigenvalue weighted by molar-refractivity contribution is -0.120. The molecule has 3 rings (SSSR count). The third-order valence-corrected chi connectivity index (χ3v) is 5.97. The van der Waals surface area contributed by atoms with Crippen molar-refractivity contribution in [3.8, 4) is 17.2 Å². The Balaban J connectivity index is 1.71. The van der Waals surface area contributed by atoms with Crippen molar-refractivity contribution in [2.45, 2.75) is 39.4 Å². The number of amides is 1. The molecular formula is C26H30N4OS. The van der Waals surface area contributed by atoms with Gasteiger partial charge in [-0.2, -0.15) is 5.26 Å². The van der Waals surface area contributed by atoms with Gasteiger partial charge >= 0.3 is 0 Å². The van der Waals surface area contributed by atoms with Crippen molar-refractivity contribution in [1.82, 2.24) is 5.32 Å². The maximum Gasteiger partial charge on any atom is 0.244 e. The number of benzene rings is 2. The summed E-state index contributed by atoms with van der Waals surface area (Å²) in [5, 5.41) is 16.7. The van der Waals surface area contributed by atoms with Crippen molar-refractivity contribution in [3.05, 3.63) is 76.5 Å². The predicted molar refractivity (Wildman–Crippen MR) is 132 cm³/mol. The summed E-state index contributed by atoms with van der Waals surface area (Å²) in [5.74, 6) is 0.101. The molecule has 0 saturated heterocycles. The Kier molecular flexibility index (Phi) is 8.57. The number of nitrogens with zero attached hydrogens (tertiary/aromatic N) is 2. The fourth-order valence-corrected chi connectivity index (χ4v) is 4.47. The van der Waals surface area contributed by atoms with E-state index in [1.165, 1.54) is 27.4 Å². The first-order valence-electron chi connectivity index (χ1n) is 10.8. The van der Waals surface area contributed by atoms with Gasteiger partial charge in [0.2, 0.25) is 5.91 Å². The molecule has 0 unspecified atom stereocenters. The normalized spacial score (nSPS) is 11.8. The zero-order valence-corrected chi connectivity index (χ0v) is 19.4. The SMILES string of the molecule is CC(C)C[C@H](N)C(=O)N(CC#N)c1cscc1-c1ccc(CNCc2ccccc2)cc1. The molecule has 1 amide bonds. The Bertz CT molecular complexity index is 1040. The van der Waals surface area contributed by atoms with Gasteiger partial charge in [0.05, 0.1) is 17.8 Å². The molecule has 0 aliphatic heterocycles. The lowest BCUT2D eigenvalue weighted by atomic mass is 10.0. The van der Waals surface area contributed by atoms with Crippen LogP contribution in [0.5, 0.6) is 0 Å². The van der Waals surface area contributed by atoms with Crippen molar-refractivity contribution in [3.63, 3.8) is 0 Å². The molecular weight excluding hydrogens is 416 g/mol. The molecule has 166 valence electrons. The van der Waals surface area contributed by atoms with Crippen molar-refractivity contribution in [1.29, 1.82) is 5.26 Å². The number of hydrogen-bond acceptors (Lipinski definition) is 5. The summed E-state index contributed by atoms with van der Waals surface area (Å²) in [6.45, 7) is 5.64. The Morgan fingerprint density at radius 3 is 2.34 bits per heavy atom. The van der Waals surface area contributed by atoms with Gasteiger partial charge in [0.25, 0.3) is 0 Å². The van der Waals surface area contributed by atoms with Crippen LogP contribution in [0.4, 0.5) is 5.69 Å². The molecule has 0 saturated carbocycles. The summed E-state index contributed by atoms with van der Waals surface area (Å²) in [6.07, 6.45) is 0.588. The highest BCUT2D eigenvalue weighted by Gasteiger charge is 2.25. The molecule has 0 aliphatic carbocycles. The number of nitriles is 1. The third kappa shape index (κ3) is 6.27. The molecule has 0 bridgehead atoms. The summed E-state index contributed by atoms with van der Waals surface area (Å²) >= 11 is 1.52. The van der Waals surface area contributed by atoms with Crippen molar-refractivity contribution >= 4 is 22.9 Å². The lowest BCUT2D eigenvalue weighted by Gasteiger charge is -2.24. The average molecular weight is 447 g/mol. The lowest BCUT2D eigenvalue weighted by Crippen LogP contribution is -2.44. The zero-order valence-electron chi connectivity index (χ0n) is 18.6. The first kappa shape index (κ1) is 23.7. The molecule has 3 N–H and O–H groups in total. The van der Waals surface area contributed by atoms with Gasteiger partial charge < -0.3 is 11.1 Å². The van der Waals surface area contributed by atoms with E-state index in [1.54, 1.807) is 0 Å². The van der Waals surface area contributed by atoms with Gasteiger partial charge in [-0.25, -0.2) is 0 Å². The first-order valence-corrected chi connectivity index (χ1v) is 11.8. The molecule has 6 heteroatoms. The second kappa shape index (κ2) is 11.6. The van der Waals surface area contributed by atoms with E-state index in [0.717, 1.165) is 29.9 Å². The molecule has 1 aromatic heterocycles. The molecule has 0 fully saturated rings. The van der Waals surface area contributed by atoms with Gasteiger partial charge in [-0.3, -0.25) is 9.69 Å². The van der Waals surface area contributed by atoms with Gasteiger partial charge in [-0.15, -0.1) is 11.3 Å². The van der Waals surface area contributed by atoms with E-state index in [4.69, 9.17) is 5.73 Å². The summed E-state index contributed by atoms with van der Waals surface area (Å²) in [4.78, 5) is 14.5. The number of rotatable bonds is 10. The van der Waals surface area contributed by atoms with Crippen LogP contribution >= 0.6 is 11.3 Å². The van der Waals surface area contributed by atoms with Gasteiger partial charge in [0, 0.05) is 29.4 Å². The molecule has 0 radical (unpaired) electrons. The summed E-state index contributed by atoms with van der Waals surface area (Å²) in [7, 11) is 0. The van der Waals surface area contributed by atoms with Crippen LogP contribution in [-0.4, -0.2) is 18.5 Å². The number of thiophene rings is 1. The quantitative estimate of drug-likeness (QED) is 0.432. The highest BCUT2D eigenvalue weighted by Crippen LogP contribution is 2.35. The molecule has 1 heterocycles. The molecule has 5 nitrogen and oxygen atoms in total. The van der Waals surface area contributed by atoms with Crippen molar-refractivity contribution < 1.29 is 4.79 Å². The van der Waals surface area contributed by atoms with Gasteiger partial charge in [0.15, 0.2) is 0 Å². The molecule has 0 aliphatic rings. The standard InChI is InChI=1S/C26H30N4OS/c1-19(2)14-24(28)26(31)30(13-12-27)25-18-32-17-23(25)22-10-8-21(9-11-22)16-29-15-20-6-4-3-5-7-20/h3-11,17-19,24,29H,13-16,28H2,1-2H3/t24-/m0/s1. The van der Waals surface area contributed by atoms with E-state index >= 15 is 0 Å². The topological polar surface area (TPSA) is 82.2 Å². The Morgan fingerprint density at radius 2 is 1.72 bits per heavy atom. The van der Waals surface area contributed by atoms with Crippen LogP contribution in [0.3, 0.4) is 0 Å². The number of hydrogen-bond donors (Lipinski definition) is 2. The van der Waals surface area contributed by atoms with Crippen LogP contribution in [0.2, 0.25) is 0 Å². The molecule has 0 spiro atoms. The van der Waals surface area contributed by atoms with Crippen LogP contribution in [0.15, 0.2) is 65.4 Å². The maximum absolute atomic E-state index is 13.0. The molecule has 2 aromatic carbocycles. The largest absolute Gasteiger partial charge is 0.320 e. The minimum Gasteiger partial charge on any atom is -0.320 e. The summed E-state index contributed by atoms with van der Waals surface area (Å²) in [5.41, 5.74) is 11.3. The maximum atomic E-state index is 13.0. The fourth-order valence-electron chi connectivity index (χ4n) is 3.63. The van der Waals surface area contributed by atoms with Crippen LogP contribution in [0, 0.1) is 17.2 Å². The Hall–Kier alpha value is -2.98. The average Bonchev–Trinajstić information content (AvgIpc) is 3.27. The number of nitrogens with two attached hydrogens (primary N) is 1. The second-order valence-electron chi connectivity index (χ2n) is 8.28. The summed E-state index contributed by atoms with van der Waals surface area (Å²) in [6, 6.07) is 20.1. The smallest absolute Gasteiger partial charge is 0.244 e. The van der Waals surface area contributed by atoms with E-state index in [0.29, 0.717) is 12.3 Å². The van der Waals surface area contributed by atoms with Crippen LogP contribution in [0.1, 0.15) is 31.4 Å². The van der Waals surface area contributed by atoms with Gasteiger partial charge in [-0.05, 0) is 29.0 Å². The summed E-state index contributed by atoms with van der Waals surface area (Å²) < 4.78 is 0. The van der Waals surface area contributed by atoms with Crippen molar-refractivity contribution in [2.75, 3.05) is 11.4 Å². The van der Waals surface area contributed by atoms with Crippen LogP contribution in [0.25, 0.3) is 11.1 Å². The number of carbonyl (C=O) groups excluding carboxylic acids is 1. The van der Waals surface area contributed by atoms with E-state index in [1.807, 2.05) is 42.8 Å². The number of nitrogens with one attached hydrogen (secondary N) is 1. The van der Waals surface area contributed by atoms with Crippen molar-refractivity contribution in [2.24, 2.45) is 11.7 Å². The number of anilines is 1. The van der Waals surface area contributed by atoms with Crippen LogP contribution < -0.4 is 16.0 Å². The highest BCUT2D eigenvalue weighted by atomic mass is 32.1. The number of carbonyl (C=O) groups is 1. The molecule has 32 heavy (non-hydrogen) atoms. The first-order chi connectivity index (χ1) is 15.5. The zero-order chi connectivity index (χ0) is 22.9. The Morgan fingerprint density at radius 1 is 1.06 bits per heavy atom. The third-order valence-electron chi connectivity index (χ3n) is 5.24. The molecule has 3 aromatic rings. The Labute approximate surface area is 194 Å². The molecule has 1 atom stereocenters. The van der Waals surface area contributed by atoms with E-state index in [9.17, 15) is 10.1 Å². The van der Waals surface area contributed by atoms with Crippen LogP contribution in [-0.2, 0) is 17.9 Å².